The minimum Gasteiger partial charge on any atom is -0.373 e. The molecular formula is C8H15NO. The zero-order valence-electron chi connectivity index (χ0n) is 6.38. The largest absolute Gasteiger partial charge is 0.373 e. The molecule has 0 aromatic rings. The molecule has 2 aliphatic rings. The van der Waals surface area contributed by atoms with Crippen LogP contribution in [0.2, 0.25) is 0 Å². The molecule has 0 saturated carbocycles. The van der Waals surface area contributed by atoms with E-state index in [2.05, 4.69) is 4.90 Å². The molecule has 2 rings (SSSR count). The Labute approximate surface area is 62.2 Å². The maximum Gasteiger partial charge on any atom is 0.0822 e. The summed E-state index contributed by atoms with van der Waals surface area (Å²) in [5.74, 6) is 0. The SMILES string of the molecule is C1CCN(CC[C@@H]2CO2)C1. The molecule has 0 radical (unpaired) electrons. The van der Waals surface area contributed by atoms with Crippen molar-refractivity contribution in [2.45, 2.75) is 25.4 Å². The lowest BCUT2D eigenvalue weighted by molar-refractivity contribution is 0.304. The van der Waals surface area contributed by atoms with Crippen LogP contribution in [-0.4, -0.2) is 37.2 Å². The number of ether oxygens (including phenoxy) is 1. The van der Waals surface area contributed by atoms with Gasteiger partial charge in [-0.15, -0.1) is 0 Å². The fourth-order valence-electron chi connectivity index (χ4n) is 1.57. The third-order valence-electron chi connectivity index (χ3n) is 2.37. The van der Waals surface area contributed by atoms with E-state index in [4.69, 9.17) is 4.74 Å². The predicted molar refractivity (Wildman–Crippen MR) is 40.0 cm³/mol. The van der Waals surface area contributed by atoms with E-state index in [-0.39, 0.29) is 0 Å². The van der Waals surface area contributed by atoms with Crippen molar-refractivity contribution in [2.75, 3.05) is 26.2 Å². The average Bonchev–Trinajstić information content (AvgIpc) is 2.63. The van der Waals surface area contributed by atoms with Crippen molar-refractivity contribution in [1.82, 2.24) is 4.90 Å². The molecule has 2 heterocycles. The van der Waals surface area contributed by atoms with Gasteiger partial charge in [0.25, 0.3) is 0 Å². The molecule has 0 spiro atoms. The Morgan fingerprint density at radius 1 is 1.30 bits per heavy atom. The summed E-state index contributed by atoms with van der Waals surface area (Å²) in [4.78, 5) is 2.54. The Morgan fingerprint density at radius 3 is 2.60 bits per heavy atom. The standard InChI is InChI=1S/C8H15NO/c1-2-5-9(4-1)6-3-8-7-10-8/h8H,1-7H2/t8-/m1/s1. The summed E-state index contributed by atoms with van der Waals surface area (Å²) in [5, 5.41) is 0. The Hall–Kier alpha value is -0.0800. The van der Waals surface area contributed by atoms with Gasteiger partial charge in [0.2, 0.25) is 0 Å². The van der Waals surface area contributed by atoms with Crippen LogP contribution >= 0.6 is 0 Å². The zero-order chi connectivity index (χ0) is 6.81. The third kappa shape index (κ3) is 1.70. The monoisotopic (exact) mass is 141 g/mol. The molecule has 0 aliphatic carbocycles. The molecule has 2 fully saturated rings. The van der Waals surface area contributed by atoms with Gasteiger partial charge in [-0.3, -0.25) is 0 Å². The van der Waals surface area contributed by atoms with Crippen LogP contribution in [0.1, 0.15) is 19.3 Å². The Balaban J connectivity index is 1.59. The summed E-state index contributed by atoms with van der Waals surface area (Å²) < 4.78 is 5.14. The van der Waals surface area contributed by atoms with E-state index < -0.39 is 0 Å². The van der Waals surface area contributed by atoms with Crippen LogP contribution in [0.15, 0.2) is 0 Å². The Bertz CT molecular complexity index is 106. The summed E-state index contributed by atoms with van der Waals surface area (Å²) in [6.45, 7) is 4.94. The maximum atomic E-state index is 5.14. The average molecular weight is 141 g/mol. The molecule has 2 nitrogen and oxygen atoms in total. The molecule has 0 amide bonds. The molecule has 2 heteroatoms. The normalized spacial score (nSPS) is 33.0. The number of hydrogen-bond acceptors (Lipinski definition) is 2. The van der Waals surface area contributed by atoms with Crippen molar-refractivity contribution in [2.24, 2.45) is 0 Å². The third-order valence-corrected chi connectivity index (χ3v) is 2.37. The van der Waals surface area contributed by atoms with Crippen molar-refractivity contribution in [3.8, 4) is 0 Å². The Morgan fingerprint density at radius 2 is 2.00 bits per heavy atom. The highest BCUT2D eigenvalue weighted by atomic mass is 16.6. The predicted octanol–water partition coefficient (Wildman–Crippen LogP) is 0.871. The van der Waals surface area contributed by atoms with Crippen LogP contribution in [0, 0.1) is 0 Å². The summed E-state index contributed by atoms with van der Waals surface area (Å²) in [6, 6.07) is 0. The van der Waals surface area contributed by atoms with Crippen molar-refractivity contribution < 1.29 is 4.74 Å². The fraction of sp³-hybridized carbons (Fsp3) is 1.00. The fourth-order valence-corrected chi connectivity index (χ4v) is 1.57. The first-order valence-electron chi connectivity index (χ1n) is 4.29. The molecule has 1 atom stereocenters. The van der Waals surface area contributed by atoms with E-state index in [1.165, 1.54) is 38.9 Å². The van der Waals surface area contributed by atoms with Crippen molar-refractivity contribution in [3.63, 3.8) is 0 Å². The molecule has 0 aromatic heterocycles. The second kappa shape index (κ2) is 2.89. The summed E-state index contributed by atoms with van der Waals surface area (Å²) in [6.07, 6.45) is 4.71. The van der Waals surface area contributed by atoms with Crippen LogP contribution in [0.25, 0.3) is 0 Å². The zero-order valence-corrected chi connectivity index (χ0v) is 6.38. The molecule has 2 saturated heterocycles. The van der Waals surface area contributed by atoms with E-state index >= 15 is 0 Å². The van der Waals surface area contributed by atoms with E-state index in [0.717, 1.165) is 6.61 Å². The van der Waals surface area contributed by atoms with Gasteiger partial charge in [-0.05, 0) is 32.4 Å². The molecule has 0 aromatic carbocycles. The van der Waals surface area contributed by atoms with Gasteiger partial charge in [0, 0.05) is 6.54 Å². The van der Waals surface area contributed by atoms with Crippen LogP contribution in [-0.2, 0) is 4.74 Å². The van der Waals surface area contributed by atoms with Gasteiger partial charge in [0.15, 0.2) is 0 Å². The minimum absolute atomic E-state index is 0.626. The molecule has 2 aliphatic heterocycles. The van der Waals surface area contributed by atoms with Gasteiger partial charge < -0.3 is 9.64 Å². The summed E-state index contributed by atoms with van der Waals surface area (Å²) in [5.41, 5.74) is 0. The molecule has 10 heavy (non-hydrogen) atoms. The molecule has 0 bridgehead atoms. The number of epoxide rings is 1. The number of likely N-dealkylation sites (tertiary alicyclic amines) is 1. The highest BCUT2D eigenvalue weighted by Gasteiger charge is 2.23. The summed E-state index contributed by atoms with van der Waals surface area (Å²) >= 11 is 0. The second-order valence-corrected chi connectivity index (χ2v) is 3.29. The molecule has 58 valence electrons. The van der Waals surface area contributed by atoms with Gasteiger partial charge in [-0.2, -0.15) is 0 Å². The van der Waals surface area contributed by atoms with Crippen molar-refractivity contribution in [1.29, 1.82) is 0 Å². The van der Waals surface area contributed by atoms with Gasteiger partial charge in [0.05, 0.1) is 12.7 Å². The van der Waals surface area contributed by atoms with Crippen LogP contribution < -0.4 is 0 Å². The van der Waals surface area contributed by atoms with Gasteiger partial charge in [-0.25, -0.2) is 0 Å². The number of hydrogen-bond donors (Lipinski definition) is 0. The molecular weight excluding hydrogens is 126 g/mol. The number of rotatable bonds is 3. The highest BCUT2D eigenvalue weighted by molar-refractivity contribution is 4.73. The summed E-state index contributed by atoms with van der Waals surface area (Å²) in [7, 11) is 0. The van der Waals surface area contributed by atoms with Gasteiger partial charge in [0.1, 0.15) is 0 Å². The minimum atomic E-state index is 0.626. The van der Waals surface area contributed by atoms with E-state index in [9.17, 15) is 0 Å². The smallest absolute Gasteiger partial charge is 0.0822 e. The van der Waals surface area contributed by atoms with E-state index in [1.54, 1.807) is 0 Å². The van der Waals surface area contributed by atoms with Gasteiger partial charge in [-0.1, -0.05) is 0 Å². The van der Waals surface area contributed by atoms with E-state index in [1.807, 2.05) is 0 Å². The topological polar surface area (TPSA) is 15.8 Å². The highest BCUT2D eigenvalue weighted by Crippen LogP contribution is 2.15. The Kier molecular flexibility index (Phi) is 1.91. The molecule has 0 N–H and O–H groups in total. The first kappa shape index (κ1) is 6.62. The van der Waals surface area contributed by atoms with Crippen molar-refractivity contribution >= 4 is 0 Å². The lowest BCUT2D eigenvalue weighted by Crippen LogP contribution is -2.21. The molecule has 0 unspecified atom stereocenters. The first-order chi connectivity index (χ1) is 4.95. The van der Waals surface area contributed by atoms with Gasteiger partial charge >= 0.3 is 0 Å². The number of nitrogens with zero attached hydrogens (tertiary/aromatic N) is 1. The first-order valence-corrected chi connectivity index (χ1v) is 4.29. The van der Waals surface area contributed by atoms with Crippen LogP contribution in [0.3, 0.4) is 0 Å². The van der Waals surface area contributed by atoms with Crippen LogP contribution in [0.4, 0.5) is 0 Å². The maximum absolute atomic E-state index is 5.14. The quantitative estimate of drug-likeness (QED) is 0.542. The van der Waals surface area contributed by atoms with Crippen molar-refractivity contribution in [3.05, 3.63) is 0 Å². The second-order valence-electron chi connectivity index (χ2n) is 3.29. The lowest BCUT2D eigenvalue weighted by atomic mass is 10.3. The lowest BCUT2D eigenvalue weighted by Gasteiger charge is -2.12. The van der Waals surface area contributed by atoms with E-state index in [0.29, 0.717) is 6.10 Å². The van der Waals surface area contributed by atoms with Crippen LogP contribution in [0.5, 0.6) is 0 Å².